The van der Waals surface area contributed by atoms with Gasteiger partial charge >= 0.3 is 5.97 Å². The van der Waals surface area contributed by atoms with E-state index in [1.165, 1.54) is 12.1 Å². The summed E-state index contributed by atoms with van der Waals surface area (Å²) in [5.41, 5.74) is 1.15. The molecule has 0 fully saturated rings. The van der Waals surface area contributed by atoms with Crippen molar-refractivity contribution >= 4 is 22.9 Å². The third-order valence-corrected chi connectivity index (χ3v) is 2.36. The Morgan fingerprint density at radius 3 is 2.65 bits per heavy atom. The molecule has 1 aromatic heterocycles. The molecule has 0 radical (unpaired) electrons. The second-order valence-electron chi connectivity index (χ2n) is 4.02. The van der Waals surface area contributed by atoms with Crippen LogP contribution in [0.25, 0.3) is 11.1 Å². The lowest BCUT2D eigenvalue weighted by Gasteiger charge is -1.94. The second kappa shape index (κ2) is 4.01. The van der Waals surface area contributed by atoms with Gasteiger partial charge in [-0.25, -0.2) is 9.78 Å². The number of nitrogens with zero attached hydrogens (tertiary/aromatic N) is 1. The largest absolute Gasteiger partial charge is 0.475 e. The predicted octanol–water partition coefficient (Wildman–Crippen LogP) is 2.22. The number of carboxylic acid groups (broad SMARTS) is 1. The highest BCUT2D eigenvalue weighted by Crippen LogP contribution is 2.22. The van der Waals surface area contributed by atoms with E-state index in [4.69, 9.17) is 9.52 Å². The number of carbonyl (C=O) groups is 2. The van der Waals surface area contributed by atoms with Crippen LogP contribution in [0, 0.1) is 0 Å². The normalized spacial score (nSPS) is 11.0. The van der Waals surface area contributed by atoms with Gasteiger partial charge < -0.3 is 9.52 Å². The molecule has 0 saturated heterocycles. The number of aromatic nitrogens is 1. The van der Waals surface area contributed by atoms with Crippen LogP contribution in [0.15, 0.2) is 22.6 Å². The molecule has 0 spiro atoms. The van der Waals surface area contributed by atoms with Crippen molar-refractivity contribution in [2.24, 2.45) is 0 Å². The molecule has 0 unspecified atom stereocenters. The van der Waals surface area contributed by atoms with Crippen molar-refractivity contribution in [2.75, 3.05) is 0 Å². The topological polar surface area (TPSA) is 80.4 Å². The van der Waals surface area contributed by atoms with E-state index in [9.17, 15) is 9.59 Å². The molecule has 0 amide bonds. The fourth-order valence-corrected chi connectivity index (χ4v) is 1.45. The summed E-state index contributed by atoms with van der Waals surface area (Å²) >= 11 is 0. The molecule has 2 aromatic rings. The maximum Gasteiger partial charge on any atom is 0.377 e. The average Bonchev–Trinajstić information content (AvgIpc) is 2.70. The number of Topliss-reactive ketones (excluding diaryl/α,β-unsaturated/α-hetero) is 1. The molecule has 88 valence electrons. The first-order chi connectivity index (χ1) is 7.99. The number of benzene rings is 1. The van der Waals surface area contributed by atoms with Gasteiger partial charge in [0.15, 0.2) is 11.5 Å². The van der Waals surface area contributed by atoms with Gasteiger partial charge in [0.2, 0.25) is 0 Å². The minimum Gasteiger partial charge on any atom is -0.475 e. The lowest BCUT2D eigenvalue weighted by atomic mass is 10.1. The number of oxazole rings is 1. The molecular weight excluding hydrogens is 222 g/mol. The van der Waals surface area contributed by atoms with E-state index in [1.54, 1.807) is 6.07 Å². The quantitative estimate of drug-likeness (QED) is 0.649. The van der Waals surface area contributed by atoms with Crippen LogP contribution >= 0.6 is 0 Å². The summed E-state index contributed by atoms with van der Waals surface area (Å²) in [6.45, 7) is 3.88. The van der Waals surface area contributed by atoms with Crippen molar-refractivity contribution in [2.45, 2.75) is 19.8 Å². The van der Waals surface area contributed by atoms with Gasteiger partial charge in [0.1, 0.15) is 5.52 Å². The van der Waals surface area contributed by atoms with E-state index in [0.29, 0.717) is 17.0 Å². The highest BCUT2D eigenvalue weighted by molar-refractivity contribution is 6.40. The molecule has 0 aliphatic carbocycles. The molecule has 17 heavy (non-hydrogen) atoms. The summed E-state index contributed by atoms with van der Waals surface area (Å²) < 4.78 is 5.44. The third kappa shape index (κ3) is 2.04. The van der Waals surface area contributed by atoms with Gasteiger partial charge in [-0.2, -0.15) is 0 Å². The smallest absolute Gasteiger partial charge is 0.377 e. The minimum absolute atomic E-state index is 0.0939. The Kier molecular flexibility index (Phi) is 2.67. The zero-order valence-corrected chi connectivity index (χ0v) is 9.43. The number of carbonyl (C=O) groups excluding carboxylic acids is 1. The van der Waals surface area contributed by atoms with Crippen LogP contribution in [-0.4, -0.2) is 21.8 Å². The second-order valence-corrected chi connectivity index (χ2v) is 4.02. The molecule has 1 heterocycles. The van der Waals surface area contributed by atoms with Crippen molar-refractivity contribution in [1.82, 2.24) is 4.98 Å². The molecule has 0 atom stereocenters. The van der Waals surface area contributed by atoms with E-state index in [0.717, 1.165) is 0 Å². The SMILES string of the molecule is CC(C)c1nc2ccc(C(=O)C(=O)O)cc2o1. The van der Waals surface area contributed by atoms with Gasteiger partial charge in [-0.1, -0.05) is 13.8 Å². The summed E-state index contributed by atoms with van der Waals surface area (Å²) in [7, 11) is 0. The zero-order chi connectivity index (χ0) is 12.6. The molecule has 0 aliphatic heterocycles. The Labute approximate surface area is 97.1 Å². The van der Waals surface area contributed by atoms with E-state index in [2.05, 4.69) is 4.98 Å². The number of aliphatic carboxylic acids is 1. The Hall–Kier alpha value is -2.17. The van der Waals surface area contributed by atoms with Gasteiger partial charge in [-0.15, -0.1) is 0 Å². The molecular formula is C12H11NO4. The lowest BCUT2D eigenvalue weighted by Crippen LogP contribution is -2.12. The molecule has 0 aliphatic rings. The summed E-state index contributed by atoms with van der Waals surface area (Å²) in [6, 6.07) is 4.43. The fourth-order valence-electron chi connectivity index (χ4n) is 1.45. The van der Waals surface area contributed by atoms with Crippen LogP contribution < -0.4 is 0 Å². The van der Waals surface area contributed by atoms with Crippen molar-refractivity contribution in [3.63, 3.8) is 0 Å². The van der Waals surface area contributed by atoms with Crippen LogP contribution in [0.5, 0.6) is 0 Å². The maximum atomic E-state index is 11.3. The van der Waals surface area contributed by atoms with Crippen molar-refractivity contribution < 1.29 is 19.1 Å². The van der Waals surface area contributed by atoms with E-state index in [1.807, 2.05) is 13.8 Å². The summed E-state index contributed by atoms with van der Waals surface area (Å²) in [5.74, 6) is -1.72. The summed E-state index contributed by atoms with van der Waals surface area (Å²) in [6.07, 6.45) is 0. The van der Waals surface area contributed by atoms with Gasteiger partial charge in [0.05, 0.1) is 0 Å². The van der Waals surface area contributed by atoms with Gasteiger partial charge in [-0.3, -0.25) is 4.79 Å². The van der Waals surface area contributed by atoms with E-state index in [-0.39, 0.29) is 11.5 Å². The standard InChI is InChI=1S/C12H11NO4/c1-6(2)11-13-8-4-3-7(5-9(8)17-11)10(14)12(15)16/h3-6H,1-2H3,(H,15,16). The van der Waals surface area contributed by atoms with Crippen molar-refractivity contribution in [3.8, 4) is 0 Å². The predicted molar refractivity (Wildman–Crippen MR) is 60.1 cm³/mol. The Balaban J connectivity index is 2.50. The van der Waals surface area contributed by atoms with Gasteiger partial charge in [-0.05, 0) is 18.2 Å². The Morgan fingerprint density at radius 1 is 1.35 bits per heavy atom. The minimum atomic E-state index is -1.48. The molecule has 0 bridgehead atoms. The summed E-state index contributed by atoms with van der Waals surface area (Å²) in [4.78, 5) is 26.1. The lowest BCUT2D eigenvalue weighted by molar-refractivity contribution is -0.131. The molecule has 5 heteroatoms. The van der Waals surface area contributed by atoms with Gasteiger partial charge in [0.25, 0.3) is 5.78 Å². The molecule has 0 saturated carbocycles. The van der Waals surface area contributed by atoms with Gasteiger partial charge in [0, 0.05) is 11.5 Å². The highest BCUT2D eigenvalue weighted by Gasteiger charge is 2.17. The number of hydrogen-bond acceptors (Lipinski definition) is 4. The molecule has 5 nitrogen and oxygen atoms in total. The van der Waals surface area contributed by atoms with Crippen molar-refractivity contribution in [1.29, 1.82) is 0 Å². The van der Waals surface area contributed by atoms with Crippen molar-refractivity contribution in [3.05, 3.63) is 29.7 Å². The average molecular weight is 233 g/mol. The maximum absolute atomic E-state index is 11.3. The number of rotatable bonds is 3. The van der Waals surface area contributed by atoms with E-state index < -0.39 is 11.8 Å². The summed E-state index contributed by atoms with van der Waals surface area (Å²) in [5, 5.41) is 8.61. The monoisotopic (exact) mass is 233 g/mol. The van der Waals surface area contributed by atoms with Crippen LogP contribution in [0.3, 0.4) is 0 Å². The first kappa shape index (κ1) is 11.3. The first-order valence-electron chi connectivity index (χ1n) is 5.17. The Morgan fingerprint density at radius 2 is 2.06 bits per heavy atom. The number of ketones is 1. The Bertz CT molecular complexity index is 598. The fraction of sp³-hybridized carbons (Fsp3) is 0.250. The number of carboxylic acids is 1. The molecule has 1 aromatic carbocycles. The van der Waals surface area contributed by atoms with Crippen LogP contribution in [0.4, 0.5) is 0 Å². The first-order valence-corrected chi connectivity index (χ1v) is 5.17. The molecule has 1 N–H and O–H groups in total. The molecule has 2 rings (SSSR count). The van der Waals surface area contributed by atoms with Crippen LogP contribution in [-0.2, 0) is 4.79 Å². The number of hydrogen-bond donors (Lipinski definition) is 1. The van der Waals surface area contributed by atoms with Crippen LogP contribution in [0.1, 0.15) is 36.0 Å². The highest BCUT2D eigenvalue weighted by atomic mass is 16.4. The zero-order valence-electron chi connectivity index (χ0n) is 9.43. The number of fused-ring (bicyclic) bond motifs is 1. The van der Waals surface area contributed by atoms with E-state index >= 15 is 0 Å². The van der Waals surface area contributed by atoms with Crippen LogP contribution in [0.2, 0.25) is 0 Å². The third-order valence-electron chi connectivity index (χ3n) is 2.36.